The molecule has 0 amide bonds. The maximum absolute atomic E-state index is 11.3. The average molecular weight is 335 g/mol. The summed E-state index contributed by atoms with van der Waals surface area (Å²) in [7, 11) is -0.758. The molecule has 0 aromatic heterocycles. The number of halogens is 1. The fourth-order valence-electron chi connectivity index (χ4n) is 1.32. The minimum Gasteiger partial charge on any atom is -0.389 e. The topological polar surface area (TPSA) is 55.1 Å². The lowest BCUT2D eigenvalue weighted by Gasteiger charge is -2.11. The highest BCUT2D eigenvalue weighted by Gasteiger charge is 2.06. The molecule has 1 aromatic carbocycles. The van der Waals surface area contributed by atoms with Crippen LogP contribution in [-0.4, -0.2) is 27.2 Å². The minimum absolute atomic E-state index is 0.352. The second-order valence-corrected chi connectivity index (χ2v) is 6.63. The normalized spacial score (nSPS) is 12.1. The number of thiocarbonyl (C=S) groups is 1. The standard InChI is InChI=1S/C11H15BrN2OS2/c1-2-17(15)6-5-14-10-4-3-8(12)7-9(10)11(13)16/h3-4,7,14H,2,5-6H2,1H3,(H2,13,16). The number of rotatable bonds is 6. The molecule has 17 heavy (non-hydrogen) atoms. The fourth-order valence-corrected chi connectivity index (χ4v) is 2.47. The summed E-state index contributed by atoms with van der Waals surface area (Å²) in [5, 5.41) is 3.21. The van der Waals surface area contributed by atoms with Crippen LogP contribution >= 0.6 is 28.1 Å². The highest BCUT2D eigenvalue weighted by Crippen LogP contribution is 2.20. The summed E-state index contributed by atoms with van der Waals surface area (Å²) in [4.78, 5) is 0.352. The van der Waals surface area contributed by atoms with Gasteiger partial charge in [0.1, 0.15) is 4.99 Å². The van der Waals surface area contributed by atoms with Crippen molar-refractivity contribution in [1.82, 2.24) is 0 Å². The third kappa shape index (κ3) is 4.73. The van der Waals surface area contributed by atoms with E-state index in [-0.39, 0.29) is 0 Å². The first kappa shape index (κ1) is 14.6. The molecular formula is C11H15BrN2OS2. The van der Waals surface area contributed by atoms with Crippen molar-refractivity contribution in [3.8, 4) is 0 Å². The van der Waals surface area contributed by atoms with E-state index in [1.54, 1.807) is 0 Å². The van der Waals surface area contributed by atoms with Crippen LogP contribution in [0.4, 0.5) is 5.69 Å². The van der Waals surface area contributed by atoms with Crippen molar-refractivity contribution in [2.75, 3.05) is 23.4 Å². The lowest BCUT2D eigenvalue weighted by Crippen LogP contribution is -2.16. The molecule has 0 heterocycles. The van der Waals surface area contributed by atoms with Crippen LogP contribution in [0.5, 0.6) is 0 Å². The number of hydrogen-bond donors (Lipinski definition) is 2. The predicted molar refractivity (Wildman–Crippen MR) is 82.1 cm³/mol. The van der Waals surface area contributed by atoms with Gasteiger partial charge in [-0.05, 0) is 18.2 Å². The first-order chi connectivity index (χ1) is 8.04. The van der Waals surface area contributed by atoms with E-state index in [1.165, 1.54) is 0 Å². The molecule has 3 nitrogen and oxygen atoms in total. The summed E-state index contributed by atoms with van der Waals surface area (Å²) in [5.74, 6) is 1.31. The van der Waals surface area contributed by atoms with Gasteiger partial charge in [-0.3, -0.25) is 4.21 Å². The molecule has 0 radical (unpaired) electrons. The van der Waals surface area contributed by atoms with E-state index in [4.69, 9.17) is 18.0 Å². The van der Waals surface area contributed by atoms with Crippen molar-refractivity contribution in [2.24, 2.45) is 5.73 Å². The van der Waals surface area contributed by atoms with Gasteiger partial charge in [0.25, 0.3) is 0 Å². The smallest absolute Gasteiger partial charge is 0.106 e. The number of anilines is 1. The van der Waals surface area contributed by atoms with E-state index in [0.717, 1.165) is 15.7 Å². The van der Waals surface area contributed by atoms with Gasteiger partial charge in [-0.1, -0.05) is 35.1 Å². The lowest BCUT2D eigenvalue weighted by molar-refractivity contribution is 0.684. The fraction of sp³-hybridized carbons (Fsp3) is 0.364. The Kier molecular flexibility index (Phi) is 6.08. The van der Waals surface area contributed by atoms with Crippen LogP contribution in [-0.2, 0) is 10.8 Å². The Balaban J connectivity index is 2.70. The first-order valence-corrected chi connectivity index (χ1v) is 7.91. The summed E-state index contributed by atoms with van der Waals surface area (Å²) >= 11 is 8.37. The van der Waals surface area contributed by atoms with Gasteiger partial charge in [0.15, 0.2) is 0 Å². The van der Waals surface area contributed by atoms with Crippen LogP contribution in [0.3, 0.4) is 0 Å². The van der Waals surface area contributed by atoms with Crippen molar-refractivity contribution in [2.45, 2.75) is 6.92 Å². The Morgan fingerprint density at radius 3 is 2.88 bits per heavy atom. The van der Waals surface area contributed by atoms with E-state index in [0.29, 0.717) is 23.0 Å². The molecule has 0 spiro atoms. The summed E-state index contributed by atoms with van der Waals surface area (Å²) < 4.78 is 12.2. The zero-order valence-electron chi connectivity index (χ0n) is 9.53. The van der Waals surface area contributed by atoms with Gasteiger partial charge in [-0.2, -0.15) is 0 Å². The van der Waals surface area contributed by atoms with Crippen molar-refractivity contribution < 1.29 is 4.21 Å². The van der Waals surface area contributed by atoms with Gasteiger partial charge < -0.3 is 11.1 Å². The van der Waals surface area contributed by atoms with Crippen molar-refractivity contribution in [3.05, 3.63) is 28.2 Å². The monoisotopic (exact) mass is 334 g/mol. The van der Waals surface area contributed by atoms with Crippen molar-refractivity contribution in [3.63, 3.8) is 0 Å². The average Bonchev–Trinajstić information content (AvgIpc) is 2.30. The molecule has 3 N–H and O–H groups in total. The molecule has 0 bridgehead atoms. The van der Waals surface area contributed by atoms with Crippen LogP contribution in [0.2, 0.25) is 0 Å². The number of nitrogens with two attached hydrogens (primary N) is 1. The van der Waals surface area contributed by atoms with Crippen LogP contribution < -0.4 is 11.1 Å². The van der Waals surface area contributed by atoms with Gasteiger partial charge in [-0.15, -0.1) is 0 Å². The van der Waals surface area contributed by atoms with E-state index in [9.17, 15) is 4.21 Å². The molecule has 0 saturated heterocycles. The third-order valence-electron chi connectivity index (χ3n) is 2.21. The molecule has 1 aromatic rings. The summed E-state index contributed by atoms with van der Waals surface area (Å²) in [6.07, 6.45) is 0. The third-order valence-corrected chi connectivity index (χ3v) is 4.23. The van der Waals surface area contributed by atoms with Crippen LogP contribution in [0, 0.1) is 0 Å². The summed E-state index contributed by atoms with van der Waals surface area (Å²) in [6, 6.07) is 5.70. The van der Waals surface area contributed by atoms with Gasteiger partial charge in [0.05, 0.1) is 0 Å². The number of nitrogens with one attached hydrogen (secondary N) is 1. The van der Waals surface area contributed by atoms with Gasteiger partial charge >= 0.3 is 0 Å². The molecule has 0 aliphatic carbocycles. The Labute approximate surface area is 118 Å². The molecule has 94 valence electrons. The zero-order valence-corrected chi connectivity index (χ0v) is 12.8. The SMILES string of the molecule is CCS(=O)CCNc1ccc(Br)cc1C(N)=S. The minimum atomic E-state index is -0.758. The van der Waals surface area contributed by atoms with Crippen molar-refractivity contribution >= 4 is 49.6 Å². The quantitative estimate of drug-likeness (QED) is 0.783. The zero-order chi connectivity index (χ0) is 12.8. The highest BCUT2D eigenvalue weighted by atomic mass is 79.9. The second-order valence-electron chi connectivity index (χ2n) is 3.41. The summed E-state index contributed by atoms with van der Waals surface area (Å²) in [6.45, 7) is 2.56. The first-order valence-electron chi connectivity index (χ1n) is 5.22. The van der Waals surface area contributed by atoms with Crippen LogP contribution in [0.1, 0.15) is 12.5 Å². The van der Waals surface area contributed by atoms with E-state index in [2.05, 4.69) is 21.2 Å². The predicted octanol–water partition coefficient (Wildman–Crippen LogP) is 2.26. The lowest BCUT2D eigenvalue weighted by atomic mass is 10.2. The molecule has 0 fully saturated rings. The Morgan fingerprint density at radius 2 is 2.29 bits per heavy atom. The molecule has 1 atom stereocenters. The van der Waals surface area contributed by atoms with Gasteiger partial charge in [-0.25, -0.2) is 0 Å². The summed E-state index contributed by atoms with van der Waals surface area (Å²) in [5.41, 5.74) is 7.34. The number of benzene rings is 1. The molecule has 0 saturated carbocycles. The van der Waals surface area contributed by atoms with E-state index in [1.807, 2.05) is 25.1 Å². The molecule has 0 aliphatic heterocycles. The molecule has 6 heteroatoms. The largest absolute Gasteiger partial charge is 0.389 e. The highest BCUT2D eigenvalue weighted by molar-refractivity contribution is 9.10. The number of hydrogen-bond acceptors (Lipinski definition) is 3. The Bertz CT molecular complexity index is 437. The molecular weight excluding hydrogens is 320 g/mol. The van der Waals surface area contributed by atoms with Crippen molar-refractivity contribution in [1.29, 1.82) is 0 Å². The van der Waals surface area contributed by atoms with Crippen LogP contribution in [0.25, 0.3) is 0 Å². The van der Waals surface area contributed by atoms with E-state index < -0.39 is 10.8 Å². The Morgan fingerprint density at radius 1 is 1.59 bits per heavy atom. The maximum atomic E-state index is 11.3. The van der Waals surface area contributed by atoms with E-state index >= 15 is 0 Å². The molecule has 0 aliphatic rings. The van der Waals surface area contributed by atoms with Crippen LogP contribution in [0.15, 0.2) is 22.7 Å². The second kappa shape index (κ2) is 7.08. The maximum Gasteiger partial charge on any atom is 0.106 e. The van der Waals surface area contributed by atoms with Gasteiger partial charge in [0.2, 0.25) is 0 Å². The molecule has 1 unspecified atom stereocenters. The molecule has 1 rings (SSSR count). The Hall–Kier alpha value is -0.460. The van der Waals surface area contributed by atoms with Gasteiger partial charge in [0, 0.05) is 44.6 Å².